The van der Waals surface area contributed by atoms with Crippen molar-refractivity contribution in [3.05, 3.63) is 77.7 Å². The topological polar surface area (TPSA) is 30.0 Å². The van der Waals surface area contributed by atoms with E-state index in [0.29, 0.717) is 23.7 Å². The molecule has 0 saturated carbocycles. The fraction of sp³-hybridized carbons (Fsp3) is 0.250. The molecule has 0 aliphatic rings. The van der Waals surface area contributed by atoms with Gasteiger partial charge in [0.25, 0.3) is 0 Å². The van der Waals surface area contributed by atoms with Gasteiger partial charge in [0.1, 0.15) is 17.1 Å². The van der Waals surface area contributed by atoms with Gasteiger partial charge in [0, 0.05) is 29.8 Å². The van der Waals surface area contributed by atoms with Crippen LogP contribution in [0.25, 0.3) is 10.9 Å². The van der Waals surface area contributed by atoms with Gasteiger partial charge in [-0.1, -0.05) is 49.4 Å². The molecule has 0 aliphatic carbocycles. The normalized spacial score (nSPS) is 12.9. The van der Waals surface area contributed by atoms with Crippen LogP contribution >= 0.6 is 0 Å². The number of rotatable bonds is 6. The van der Waals surface area contributed by atoms with Crippen molar-refractivity contribution in [3.8, 4) is 11.8 Å². The Morgan fingerprint density at radius 1 is 1.11 bits per heavy atom. The molecule has 1 unspecified atom stereocenters. The van der Waals surface area contributed by atoms with Gasteiger partial charge >= 0.3 is 0 Å². The van der Waals surface area contributed by atoms with Crippen LogP contribution in [0.1, 0.15) is 31.4 Å². The van der Waals surface area contributed by atoms with E-state index >= 15 is 0 Å². The molecule has 3 rings (SSSR count). The molecule has 1 heterocycles. The van der Waals surface area contributed by atoms with Gasteiger partial charge in [-0.05, 0) is 36.6 Å². The van der Waals surface area contributed by atoms with Crippen molar-refractivity contribution >= 4 is 16.7 Å². The molecule has 0 fully saturated rings. The van der Waals surface area contributed by atoms with E-state index in [-0.39, 0.29) is 18.0 Å². The Labute approximate surface area is 159 Å². The van der Waals surface area contributed by atoms with Gasteiger partial charge in [-0.2, -0.15) is 0 Å². The largest absolute Gasteiger partial charge is 0.299 e. The molecule has 1 aromatic heterocycles. The Hall–Kier alpha value is -2.99. The van der Waals surface area contributed by atoms with E-state index in [2.05, 4.69) is 16.8 Å². The molecule has 1 atom stereocenters. The van der Waals surface area contributed by atoms with E-state index in [1.165, 1.54) is 6.07 Å². The summed E-state index contributed by atoms with van der Waals surface area (Å²) >= 11 is 0. The lowest BCUT2D eigenvalue weighted by molar-refractivity contribution is -0.127. The number of hydrogen-bond acceptors (Lipinski definition) is 2. The number of carbonyl (C=O) groups is 1. The van der Waals surface area contributed by atoms with E-state index in [1.54, 1.807) is 19.2 Å². The average molecular weight is 359 g/mol. The highest BCUT2D eigenvalue weighted by Gasteiger charge is 2.32. The maximum atomic E-state index is 13.8. The molecule has 2 aromatic carbocycles. The second-order valence-corrected chi connectivity index (χ2v) is 7.08. The van der Waals surface area contributed by atoms with Crippen molar-refractivity contribution in [2.45, 2.75) is 33.1 Å². The first-order valence-corrected chi connectivity index (χ1v) is 9.02. The van der Waals surface area contributed by atoms with Crippen LogP contribution in [0, 0.1) is 23.1 Å². The third-order valence-corrected chi connectivity index (χ3v) is 4.85. The number of benzene rings is 2. The number of fused-ring (bicyclic) bond motifs is 1. The monoisotopic (exact) mass is 359 g/mol. The van der Waals surface area contributed by atoms with E-state index in [1.807, 2.05) is 49.4 Å². The number of nitrogens with zero attached hydrogens (tertiary/aromatic N) is 1. The fourth-order valence-electron chi connectivity index (χ4n) is 3.25. The van der Waals surface area contributed by atoms with Crippen LogP contribution in [-0.4, -0.2) is 10.8 Å². The Morgan fingerprint density at radius 2 is 1.89 bits per heavy atom. The number of carbonyl (C=O) groups excluding carboxylic acids is 1. The summed E-state index contributed by atoms with van der Waals surface area (Å²) in [6.45, 7) is 3.76. The molecule has 0 bridgehead atoms. The molecular weight excluding hydrogens is 337 g/mol. The summed E-state index contributed by atoms with van der Waals surface area (Å²) in [5.74, 6) is 5.75. The second kappa shape index (κ2) is 8.14. The molecule has 0 saturated heterocycles. The van der Waals surface area contributed by atoms with Crippen LogP contribution < -0.4 is 0 Å². The predicted octanol–water partition coefficient (Wildman–Crippen LogP) is 5.15. The van der Waals surface area contributed by atoms with Crippen LogP contribution in [0.3, 0.4) is 0 Å². The SMILES string of the molecule is CC#CCC(C)(Cc1ccccc1)C(=O)Cc1cnc2c(F)cccc2c1. The molecular formula is C24H22FNO. The van der Waals surface area contributed by atoms with Crippen LogP contribution in [0.15, 0.2) is 60.8 Å². The maximum absolute atomic E-state index is 13.8. The molecule has 0 N–H and O–H groups in total. The van der Waals surface area contributed by atoms with Crippen molar-refractivity contribution < 1.29 is 9.18 Å². The average Bonchev–Trinajstić information content (AvgIpc) is 2.67. The quantitative estimate of drug-likeness (QED) is 0.570. The maximum Gasteiger partial charge on any atom is 0.149 e. The number of aromatic nitrogens is 1. The Kier molecular flexibility index (Phi) is 5.66. The number of pyridine rings is 1. The van der Waals surface area contributed by atoms with E-state index in [4.69, 9.17) is 0 Å². The van der Waals surface area contributed by atoms with E-state index < -0.39 is 5.41 Å². The van der Waals surface area contributed by atoms with Crippen LogP contribution in [0.2, 0.25) is 0 Å². The zero-order valence-electron chi connectivity index (χ0n) is 15.6. The minimum absolute atomic E-state index is 0.117. The number of halogens is 1. The van der Waals surface area contributed by atoms with Crippen LogP contribution in [0.5, 0.6) is 0 Å². The van der Waals surface area contributed by atoms with Gasteiger partial charge in [0.2, 0.25) is 0 Å². The summed E-state index contributed by atoms with van der Waals surface area (Å²) in [5.41, 5.74) is 1.66. The minimum atomic E-state index is -0.582. The molecule has 3 aromatic rings. The van der Waals surface area contributed by atoms with Crippen molar-refractivity contribution in [3.63, 3.8) is 0 Å². The zero-order valence-corrected chi connectivity index (χ0v) is 15.6. The molecule has 136 valence electrons. The first kappa shape index (κ1) is 18.8. The van der Waals surface area contributed by atoms with Crippen molar-refractivity contribution in [1.82, 2.24) is 4.98 Å². The molecule has 0 aliphatic heterocycles. The van der Waals surface area contributed by atoms with Crippen molar-refractivity contribution in [2.75, 3.05) is 0 Å². The van der Waals surface area contributed by atoms with Gasteiger partial charge in [0.15, 0.2) is 0 Å². The Bertz CT molecular complexity index is 1020. The Balaban J connectivity index is 1.86. The van der Waals surface area contributed by atoms with Crippen molar-refractivity contribution in [2.24, 2.45) is 5.41 Å². The van der Waals surface area contributed by atoms with Gasteiger partial charge in [-0.15, -0.1) is 11.8 Å². The van der Waals surface area contributed by atoms with Crippen LogP contribution in [0.4, 0.5) is 4.39 Å². The molecule has 2 nitrogen and oxygen atoms in total. The lowest BCUT2D eigenvalue weighted by atomic mass is 9.75. The van der Waals surface area contributed by atoms with Crippen LogP contribution in [-0.2, 0) is 17.6 Å². The standard InChI is InChI=1S/C24H22FNO/c1-3-4-13-24(2,16-18-9-6-5-7-10-18)22(27)15-19-14-20-11-8-12-21(25)23(20)26-17-19/h5-12,14,17H,13,15-16H2,1-2H3. The molecule has 3 heteroatoms. The number of hydrogen-bond donors (Lipinski definition) is 0. The summed E-state index contributed by atoms with van der Waals surface area (Å²) in [6.07, 6.45) is 3.00. The van der Waals surface area contributed by atoms with E-state index in [9.17, 15) is 9.18 Å². The third-order valence-electron chi connectivity index (χ3n) is 4.85. The molecule has 0 amide bonds. The first-order valence-electron chi connectivity index (χ1n) is 9.02. The van der Waals surface area contributed by atoms with Gasteiger partial charge in [-0.25, -0.2) is 4.39 Å². The van der Waals surface area contributed by atoms with Gasteiger partial charge in [-0.3, -0.25) is 9.78 Å². The highest BCUT2D eigenvalue weighted by molar-refractivity contribution is 5.88. The lowest BCUT2D eigenvalue weighted by Crippen LogP contribution is -2.31. The van der Waals surface area contributed by atoms with Gasteiger partial charge in [0.05, 0.1) is 0 Å². The fourth-order valence-corrected chi connectivity index (χ4v) is 3.25. The number of Topliss-reactive ketones (excluding diaryl/α,β-unsaturated/α-hetero) is 1. The molecule has 27 heavy (non-hydrogen) atoms. The summed E-state index contributed by atoms with van der Waals surface area (Å²) in [4.78, 5) is 17.4. The molecule has 0 spiro atoms. The third kappa shape index (κ3) is 4.41. The summed E-state index contributed by atoms with van der Waals surface area (Å²) in [6, 6.07) is 16.7. The molecule has 0 radical (unpaired) electrons. The summed E-state index contributed by atoms with van der Waals surface area (Å²) in [5, 5.41) is 0.707. The number of para-hydroxylation sites is 1. The minimum Gasteiger partial charge on any atom is -0.299 e. The predicted molar refractivity (Wildman–Crippen MR) is 107 cm³/mol. The van der Waals surface area contributed by atoms with E-state index in [0.717, 1.165) is 11.1 Å². The van der Waals surface area contributed by atoms with Gasteiger partial charge < -0.3 is 0 Å². The highest BCUT2D eigenvalue weighted by Crippen LogP contribution is 2.30. The summed E-state index contributed by atoms with van der Waals surface area (Å²) in [7, 11) is 0. The first-order chi connectivity index (χ1) is 13.0. The Morgan fingerprint density at radius 3 is 2.63 bits per heavy atom. The highest BCUT2D eigenvalue weighted by atomic mass is 19.1. The lowest BCUT2D eigenvalue weighted by Gasteiger charge is -2.26. The summed E-state index contributed by atoms with van der Waals surface area (Å²) < 4.78 is 13.8. The zero-order chi connectivity index (χ0) is 19.3. The number of ketones is 1. The smallest absolute Gasteiger partial charge is 0.149 e. The van der Waals surface area contributed by atoms with Crippen molar-refractivity contribution in [1.29, 1.82) is 0 Å². The second-order valence-electron chi connectivity index (χ2n) is 7.08.